The summed E-state index contributed by atoms with van der Waals surface area (Å²) in [4.78, 5) is 0. The molecule has 1 nitrogen and oxygen atoms in total. The van der Waals surface area contributed by atoms with Crippen LogP contribution in [0.15, 0.2) is 24.3 Å². The number of aryl methyl sites for hydroxylation is 1. The molecule has 0 aromatic heterocycles. The highest BCUT2D eigenvalue weighted by Gasteiger charge is 1.94. The molecule has 84 valence electrons. The van der Waals surface area contributed by atoms with Crippen molar-refractivity contribution in [2.75, 3.05) is 13.1 Å². The van der Waals surface area contributed by atoms with Gasteiger partial charge in [-0.3, -0.25) is 0 Å². The first-order chi connectivity index (χ1) is 7.33. The predicted octanol–water partition coefficient (Wildman–Crippen LogP) is 3.15. The summed E-state index contributed by atoms with van der Waals surface area (Å²) in [6, 6.07) is 6.80. The van der Waals surface area contributed by atoms with Gasteiger partial charge in [0.2, 0.25) is 0 Å². The van der Waals surface area contributed by atoms with Gasteiger partial charge in [-0.25, -0.2) is 4.39 Å². The normalized spacial score (nSPS) is 10.5. The second-order valence-corrected chi connectivity index (χ2v) is 3.83. The molecule has 0 unspecified atom stereocenters. The van der Waals surface area contributed by atoms with Gasteiger partial charge in [0.05, 0.1) is 0 Å². The van der Waals surface area contributed by atoms with Gasteiger partial charge in [-0.1, -0.05) is 19.1 Å². The fraction of sp³-hybridized carbons (Fsp3) is 0.538. The summed E-state index contributed by atoms with van der Waals surface area (Å²) in [5.41, 5.74) is 1.23. The van der Waals surface area contributed by atoms with Crippen LogP contribution in [0.1, 0.15) is 31.7 Å². The maximum absolute atomic E-state index is 12.6. The second kappa shape index (κ2) is 7.41. The molecule has 0 aliphatic rings. The molecule has 0 saturated heterocycles. The van der Waals surface area contributed by atoms with E-state index in [9.17, 15) is 4.39 Å². The number of hydrogen-bond acceptors (Lipinski definition) is 1. The van der Waals surface area contributed by atoms with Gasteiger partial charge >= 0.3 is 0 Å². The summed E-state index contributed by atoms with van der Waals surface area (Å²) in [5, 5.41) is 3.37. The predicted molar refractivity (Wildman–Crippen MR) is 62.5 cm³/mol. The van der Waals surface area contributed by atoms with Crippen molar-refractivity contribution in [3.8, 4) is 0 Å². The van der Waals surface area contributed by atoms with Crippen molar-refractivity contribution in [3.63, 3.8) is 0 Å². The topological polar surface area (TPSA) is 12.0 Å². The van der Waals surface area contributed by atoms with E-state index in [1.165, 1.54) is 37.0 Å². The van der Waals surface area contributed by atoms with Crippen LogP contribution in [0.25, 0.3) is 0 Å². The van der Waals surface area contributed by atoms with Crippen LogP contribution < -0.4 is 5.32 Å². The first-order valence-corrected chi connectivity index (χ1v) is 5.78. The maximum Gasteiger partial charge on any atom is 0.123 e. The average Bonchev–Trinajstić information content (AvgIpc) is 2.26. The number of benzene rings is 1. The first-order valence-electron chi connectivity index (χ1n) is 5.78. The van der Waals surface area contributed by atoms with Gasteiger partial charge in [0, 0.05) is 0 Å². The summed E-state index contributed by atoms with van der Waals surface area (Å²) in [6.45, 7) is 4.37. The van der Waals surface area contributed by atoms with E-state index in [1.54, 1.807) is 0 Å². The zero-order valence-corrected chi connectivity index (χ0v) is 9.43. The highest BCUT2D eigenvalue weighted by molar-refractivity contribution is 5.15. The van der Waals surface area contributed by atoms with Gasteiger partial charge in [0.1, 0.15) is 5.82 Å². The molecule has 1 N–H and O–H groups in total. The van der Waals surface area contributed by atoms with E-state index in [4.69, 9.17) is 0 Å². The number of halogens is 1. The molecule has 1 rings (SSSR count). The summed E-state index contributed by atoms with van der Waals surface area (Å²) in [5.74, 6) is -0.150. The van der Waals surface area contributed by atoms with Crippen LogP contribution in [-0.4, -0.2) is 13.1 Å². The molecular formula is C13H20FN. The molecule has 1 aromatic carbocycles. The SMILES string of the molecule is CCCNCCCCc1ccc(F)cc1. The van der Waals surface area contributed by atoms with E-state index >= 15 is 0 Å². The van der Waals surface area contributed by atoms with Crippen molar-refractivity contribution < 1.29 is 4.39 Å². The lowest BCUT2D eigenvalue weighted by molar-refractivity contribution is 0.613. The molecule has 15 heavy (non-hydrogen) atoms. The molecule has 0 saturated carbocycles. The van der Waals surface area contributed by atoms with E-state index in [0.29, 0.717) is 0 Å². The smallest absolute Gasteiger partial charge is 0.123 e. The van der Waals surface area contributed by atoms with Crippen LogP contribution in [0, 0.1) is 5.82 Å². The molecule has 0 heterocycles. The van der Waals surface area contributed by atoms with Crippen molar-refractivity contribution in [2.24, 2.45) is 0 Å². The molecule has 0 bridgehead atoms. The van der Waals surface area contributed by atoms with Crippen molar-refractivity contribution in [1.29, 1.82) is 0 Å². The monoisotopic (exact) mass is 209 g/mol. The number of unbranched alkanes of at least 4 members (excludes halogenated alkanes) is 1. The Morgan fingerprint density at radius 3 is 2.47 bits per heavy atom. The Labute approximate surface area is 91.7 Å². The molecule has 0 radical (unpaired) electrons. The minimum atomic E-state index is -0.150. The molecule has 2 heteroatoms. The number of rotatable bonds is 7. The molecule has 0 aliphatic carbocycles. The van der Waals surface area contributed by atoms with Crippen LogP contribution >= 0.6 is 0 Å². The van der Waals surface area contributed by atoms with Gasteiger partial charge in [-0.2, -0.15) is 0 Å². The Hall–Kier alpha value is -0.890. The largest absolute Gasteiger partial charge is 0.317 e. The van der Waals surface area contributed by atoms with Gasteiger partial charge in [-0.15, -0.1) is 0 Å². The third kappa shape index (κ3) is 5.53. The fourth-order valence-corrected chi connectivity index (χ4v) is 1.53. The highest BCUT2D eigenvalue weighted by Crippen LogP contribution is 2.06. The Morgan fingerprint density at radius 2 is 1.80 bits per heavy atom. The zero-order chi connectivity index (χ0) is 10.9. The van der Waals surface area contributed by atoms with Gasteiger partial charge < -0.3 is 5.32 Å². The van der Waals surface area contributed by atoms with Crippen LogP contribution in [0.3, 0.4) is 0 Å². The van der Waals surface area contributed by atoms with Crippen LogP contribution in [0.2, 0.25) is 0 Å². The number of hydrogen-bond donors (Lipinski definition) is 1. The minimum Gasteiger partial charge on any atom is -0.317 e. The highest BCUT2D eigenvalue weighted by atomic mass is 19.1. The maximum atomic E-state index is 12.6. The van der Waals surface area contributed by atoms with Crippen molar-refractivity contribution in [3.05, 3.63) is 35.6 Å². The Bertz CT molecular complexity index is 256. The number of nitrogens with one attached hydrogen (secondary N) is 1. The zero-order valence-electron chi connectivity index (χ0n) is 9.43. The molecule has 0 aliphatic heterocycles. The molecule has 0 spiro atoms. The van der Waals surface area contributed by atoms with Crippen molar-refractivity contribution in [1.82, 2.24) is 5.32 Å². The fourth-order valence-electron chi connectivity index (χ4n) is 1.53. The van der Waals surface area contributed by atoms with Crippen LogP contribution in [0.4, 0.5) is 4.39 Å². The van der Waals surface area contributed by atoms with Gasteiger partial charge in [-0.05, 0) is 56.5 Å². The summed E-state index contributed by atoms with van der Waals surface area (Å²) in [7, 11) is 0. The lowest BCUT2D eigenvalue weighted by atomic mass is 10.1. The molecule has 1 aromatic rings. The third-order valence-corrected chi connectivity index (χ3v) is 2.41. The van der Waals surface area contributed by atoms with Crippen molar-refractivity contribution >= 4 is 0 Å². The summed E-state index contributed by atoms with van der Waals surface area (Å²) in [6.07, 6.45) is 4.60. The Morgan fingerprint density at radius 1 is 1.07 bits per heavy atom. The van der Waals surface area contributed by atoms with Crippen LogP contribution in [0.5, 0.6) is 0 Å². The van der Waals surface area contributed by atoms with Crippen LogP contribution in [-0.2, 0) is 6.42 Å². The lowest BCUT2D eigenvalue weighted by Crippen LogP contribution is -2.15. The average molecular weight is 209 g/mol. The minimum absolute atomic E-state index is 0.150. The Kier molecular flexibility index (Phi) is 6.02. The Balaban J connectivity index is 2.07. The van der Waals surface area contributed by atoms with E-state index in [0.717, 1.165) is 19.5 Å². The summed E-state index contributed by atoms with van der Waals surface area (Å²) < 4.78 is 12.6. The third-order valence-electron chi connectivity index (χ3n) is 2.41. The van der Waals surface area contributed by atoms with E-state index in [2.05, 4.69) is 12.2 Å². The molecule has 0 fully saturated rings. The van der Waals surface area contributed by atoms with Gasteiger partial charge in [0.15, 0.2) is 0 Å². The van der Waals surface area contributed by atoms with E-state index < -0.39 is 0 Å². The van der Waals surface area contributed by atoms with E-state index in [1.807, 2.05) is 12.1 Å². The standard InChI is InChI=1S/C13H20FN/c1-2-10-15-11-4-3-5-12-6-8-13(14)9-7-12/h6-9,15H,2-5,10-11H2,1H3. The summed E-state index contributed by atoms with van der Waals surface area (Å²) >= 11 is 0. The quantitative estimate of drug-likeness (QED) is 0.680. The van der Waals surface area contributed by atoms with Crippen molar-refractivity contribution in [2.45, 2.75) is 32.6 Å². The molecule has 0 atom stereocenters. The van der Waals surface area contributed by atoms with E-state index in [-0.39, 0.29) is 5.82 Å². The lowest BCUT2D eigenvalue weighted by Gasteiger charge is -2.03. The van der Waals surface area contributed by atoms with Gasteiger partial charge in [0.25, 0.3) is 0 Å². The molecule has 0 amide bonds. The molecular weight excluding hydrogens is 189 g/mol. The second-order valence-electron chi connectivity index (χ2n) is 3.83. The first kappa shape index (κ1) is 12.2.